The van der Waals surface area contributed by atoms with Gasteiger partial charge in [0, 0.05) is 31.7 Å². The van der Waals surface area contributed by atoms with Crippen molar-refractivity contribution in [3.63, 3.8) is 0 Å². The Bertz CT molecular complexity index is 1110. The van der Waals surface area contributed by atoms with E-state index >= 15 is 0 Å². The lowest BCUT2D eigenvalue weighted by atomic mass is 10.2. The normalized spacial score (nSPS) is 13.8. The number of oxazole rings is 1. The minimum atomic E-state index is -0.101. The third kappa shape index (κ3) is 3.82. The Morgan fingerprint density at radius 2 is 1.93 bits per heavy atom. The van der Waals surface area contributed by atoms with Gasteiger partial charge in [0.15, 0.2) is 0 Å². The number of hydrogen-bond donors (Lipinski definition) is 0. The minimum Gasteiger partial charge on any atom is -0.497 e. The number of ether oxygens (including phenoxy) is 1. The second kappa shape index (κ2) is 8.47. The molecule has 2 aromatic carbocycles. The molecule has 4 rings (SSSR count). The Morgan fingerprint density at radius 1 is 1.17 bits per heavy atom. The summed E-state index contributed by atoms with van der Waals surface area (Å²) >= 11 is 6.16. The number of methoxy groups -OCH3 is 1. The first-order valence-corrected chi connectivity index (χ1v) is 9.82. The maximum Gasteiger partial charge on any atom is 0.255 e. The molecule has 3 aromatic rings. The number of halogens is 1. The highest BCUT2D eigenvalue weighted by Gasteiger charge is 2.27. The van der Waals surface area contributed by atoms with E-state index in [1.807, 2.05) is 23.1 Å². The highest BCUT2D eigenvalue weighted by atomic mass is 35.5. The number of hydrogen-bond acceptors (Lipinski definition) is 6. The number of carbonyl (C=O) groups is 1. The summed E-state index contributed by atoms with van der Waals surface area (Å²) in [5.41, 5.74) is 1.44. The zero-order valence-electron chi connectivity index (χ0n) is 16.3. The lowest BCUT2D eigenvalue weighted by Crippen LogP contribution is -2.49. The largest absolute Gasteiger partial charge is 0.497 e. The van der Waals surface area contributed by atoms with Gasteiger partial charge in [-0.15, -0.1) is 0 Å². The van der Waals surface area contributed by atoms with Crippen molar-refractivity contribution >= 4 is 23.4 Å². The van der Waals surface area contributed by atoms with Crippen molar-refractivity contribution in [3.8, 4) is 23.3 Å². The molecule has 0 N–H and O–H groups in total. The summed E-state index contributed by atoms with van der Waals surface area (Å²) in [5.74, 6) is 1.35. The Hall–Kier alpha value is -3.50. The molecule has 0 saturated carbocycles. The predicted molar refractivity (Wildman–Crippen MR) is 113 cm³/mol. The summed E-state index contributed by atoms with van der Waals surface area (Å²) in [7, 11) is 1.59. The van der Waals surface area contributed by atoms with Crippen molar-refractivity contribution in [1.29, 1.82) is 5.26 Å². The lowest BCUT2D eigenvalue weighted by Gasteiger charge is -2.34. The molecular formula is C22H19ClN4O3. The van der Waals surface area contributed by atoms with Gasteiger partial charge in [0.1, 0.15) is 11.8 Å². The van der Waals surface area contributed by atoms with E-state index in [9.17, 15) is 10.1 Å². The van der Waals surface area contributed by atoms with Gasteiger partial charge in [-0.3, -0.25) is 4.79 Å². The second-order valence-corrected chi connectivity index (χ2v) is 7.18. The topological polar surface area (TPSA) is 82.6 Å². The zero-order valence-corrected chi connectivity index (χ0v) is 17.1. The summed E-state index contributed by atoms with van der Waals surface area (Å²) in [4.78, 5) is 20.8. The average Bonchev–Trinajstić information content (AvgIpc) is 3.24. The third-order valence-corrected chi connectivity index (χ3v) is 5.32. The number of piperazine rings is 1. The van der Waals surface area contributed by atoms with E-state index in [2.05, 4.69) is 11.1 Å². The van der Waals surface area contributed by atoms with Crippen molar-refractivity contribution in [1.82, 2.24) is 9.88 Å². The van der Waals surface area contributed by atoms with Crippen LogP contribution in [0.5, 0.6) is 5.75 Å². The molecule has 7 nitrogen and oxygen atoms in total. The molecule has 1 fully saturated rings. The first-order chi connectivity index (χ1) is 14.6. The van der Waals surface area contributed by atoms with Crippen LogP contribution in [0.4, 0.5) is 5.88 Å². The molecule has 8 heteroatoms. The Kier molecular flexibility index (Phi) is 5.59. The highest BCUT2D eigenvalue weighted by Crippen LogP contribution is 2.30. The molecule has 30 heavy (non-hydrogen) atoms. The molecule has 152 valence electrons. The van der Waals surface area contributed by atoms with Gasteiger partial charge in [0.25, 0.3) is 5.91 Å². The number of nitriles is 1. The van der Waals surface area contributed by atoms with Crippen LogP contribution < -0.4 is 9.64 Å². The van der Waals surface area contributed by atoms with Crippen LogP contribution in [-0.2, 0) is 0 Å². The van der Waals surface area contributed by atoms with Crippen LogP contribution in [0, 0.1) is 11.3 Å². The SMILES string of the molecule is COc1cccc(-c2nc(C#N)c(N3CCN(C(=O)c4ccccc4Cl)CC3)o2)c1. The van der Waals surface area contributed by atoms with Crippen LogP contribution in [0.3, 0.4) is 0 Å². The van der Waals surface area contributed by atoms with Crippen molar-refractivity contribution in [2.24, 2.45) is 0 Å². The third-order valence-electron chi connectivity index (χ3n) is 4.99. The van der Waals surface area contributed by atoms with Crippen LogP contribution in [0.2, 0.25) is 5.02 Å². The van der Waals surface area contributed by atoms with E-state index in [-0.39, 0.29) is 11.6 Å². The van der Waals surface area contributed by atoms with Gasteiger partial charge < -0.3 is 19.0 Å². The molecule has 1 aliphatic heterocycles. The molecule has 2 heterocycles. The fourth-order valence-electron chi connectivity index (χ4n) is 3.40. The second-order valence-electron chi connectivity index (χ2n) is 6.78. The van der Waals surface area contributed by atoms with Crippen LogP contribution in [-0.4, -0.2) is 49.1 Å². The van der Waals surface area contributed by atoms with E-state index in [0.717, 1.165) is 5.56 Å². The van der Waals surface area contributed by atoms with E-state index < -0.39 is 0 Å². The van der Waals surface area contributed by atoms with Crippen LogP contribution in [0.1, 0.15) is 16.1 Å². The van der Waals surface area contributed by atoms with Crippen LogP contribution in [0.15, 0.2) is 52.9 Å². The standard InChI is InChI=1S/C22H19ClN4O3/c1-29-16-6-4-5-15(13-16)20-25-19(14-24)22(30-20)27-11-9-26(10-12-27)21(28)17-7-2-3-8-18(17)23/h2-8,13H,9-12H2,1H3. The quantitative estimate of drug-likeness (QED) is 0.635. The van der Waals surface area contributed by atoms with Gasteiger partial charge in [0.2, 0.25) is 17.5 Å². The molecule has 1 saturated heterocycles. The smallest absolute Gasteiger partial charge is 0.255 e. The van der Waals surface area contributed by atoms with E-state index in [4.69, 9.17) is 20.8 Å². The van der Waals surface area contributed by atoms with Gasteiger partial charge in [-0.25, -0.2) is 0 Å². The minimum absolute atomic E-state index is 0.101. The summed E-state index contributed by atoms with van der Waals surface area (Å²) in [6.07, 6.45) is 0. The maximum atomic E-state index is 12.8. The van der Waals surface area contributed by atoms with Gasteiger partial charge in [-0.1, -0.05) is 29.8 Å². The Morgan fingerprint density at radius 3 is 2.63 bits per heavy atom. The molecule has 1 aliphatic rings. The molecule has 1 amide bonds. The van der Waals surface area contributed by atoms with Crippen molar-refractivity contribution in [2.45, 2.75) is 0 Å². The van der Waals surface area contributed by atoms with Gasteiger partial charge >= 0.3 is 0 Å². The van der Waals surface area contributed by atoms with Crippen molar-refractivity contribution < 1.29 is 13.9 Å². The number of aromatic nitrogens is 1. The summed E-state index contributed by atoms with van der Waals surface area (Å²) in [5, 5.41) is 9.97. The molecule has 0 bridgehead atoms. The first-order valence-electron chi connectivity index (χ1n) is 9.45. The predicted octanol–water partition coefficient (Wildman–Crippen LogP) is 3.84. The zero-order chi connectivity index (χ0) is 21.1. The van der Waals surface area contributed by atoms with Gasteiger partial charge in [-0.2, -0.15) is 10.2 Å². The molecule has 0 radical (unpaired) electrons. The van der Waals surface area contributed by atoms with E-state index in [0.29, 0.717) is 54.3 Å². The molecule has 0 spiro atoms. The Balaban J connectivity index is 1.51. The highest BCUT2D eigenvalue weighted by molar-refractivity contribution is 6.33. The van der Waals surface area contributed by atoms with Crippen molar-refractivity contribution in [3.05, 3.63) is 64.8 Å². The molecule has 1 aromatic heterocycles. The summed E-state index contributed by atoms with van der Waals surface area (Å²) < 4.78 is 11.2. The fourth-order valence-corrected chi connectivity index (χ4v) is 3.61. The molecule has 0 atom stereocenters. The monoisotopic (exact) mass is 422 g/mol. The number of nitrogens with zero attached hydrogens (tertiary/aromatic N) is 4. The van der Waals surface area contributed by atoms with Gasteiger partial charge in [-0.05, 0) is 30.3 Å². The number of carbonyl (C=O) groups excluding carboxylic acids is 1. The fraction of sp³-hybridized carbons (Fsp3) is 0.227. The van der Waals surface area contributed by atoms with E-state index in [1.54, 1.807) is 42.3 Å². The summed E-state index contributed by atoms with van der Waals surface area (Å²) in [6.45, 7) is 2.03. The van der Waals surface area contributed by atoms with Crippen LogP contribution in [0.25, 0.3) is 11.5 Å². The maximum absolute atomic E-state index is 12.8. The molecular weight excluding hydrogens is 404 g/mol. The number of amides is 1. The Labute approximate surface area is 179 Å². The number of anilines is 1. The summed E-state index contributed by atoms with van der Waals surface area (Å²) in [6, 6.07) is 16.4. The van der Waals surface area contributed by atoms with Crippen molar-refractivity contribution in [2.75, 3.05) is 38.2 Å². The van der Waals surface area contributed by atoms with Crippen LogP contribution >= 0.6 is 11.6 Å². The first kappa shape index (κ1) is 19.8. The number of rotatable bonds is 4. The average molecular weight is 423 g/mol. The molecule has 0 aliphatic carbocycles. The molecule has 0 unspecified atom stereocenters. The number of benzene rings is 2. The van der Waals surface area contributed by atoms with Gasteiger partial charge in [0.05, 0.1) is 17.7 Å². The van der Waals surface area contributed by atoms with E-state index in [1.165, 1.54) is 0 Å². The lowest BCUT2D eigenvalue weighted by molar-refractivity contribution is 0.0745.